The summed E-state index contributed by atoms with van der Waals surface area (Å²) in [7, 11) is 3.19. The molecule has 0 fully saturated rings. The molecule has 0 saturated heterocycles. The van der Waals surface area contributed by atoms with E-state index in [-0.39, 0.29) is 11.9 Å². The number of methoxy groups -OCH3 is 2. The number of nitrogens with zero attached hydrogens (tertiary/aromatic N) is 2. The highest BCUT2D eigenvalue weighted by molar-refractivity contribution is 7.98. The lowest BCUT2D eigenvalue weighted by atomic mass is 10.1. The highest BCUT2D eigenvalue weighted by Crippen LogP contribution is 2.30. The topological polar surface area (TPSA) is 65.4 Å². The second-order valence-electron chi connectivity index (χ2n) is 6.14. The fourth-order valence-electron chi connectivity index (χ4n) is 2.92. The van der Waals surface area contributed by atoms with Gasteiger partial charge in [0.1, 0.15) is 0 Å². The molecule has 0 aliphatic rings. The van der Waals surface area contributed by atoms with Crippen LogP contribution in [0.15, 0.2) is 60.0 Å². The van der Waals surface area contributed by atoms with E-state index in [9.17, 15) is 4.79 Å². The number of thioether (sulfide) groups is 1. The van der Waals surface area contributed by atoms with Gasteiger partial charge >= 0.3 is 0 Å². The normalized spacial score (nSPS) is 11.7. The number of carbonyl (C=O) groups is 1. The van der Waals surface area contributed by atoms with Gasteiger partial charge in [-0.05, 0) is 49.1 Å². The number of aromatic nitrogens is 2. The molecule has 0 saturated carbocycles. The minimum atomic E-state index is -0.189. The van der Waals surface area contributed by atoms with Crippen LogP contribution in [0.1, 0.15) is 28.9 Å². The molecule has 1 N–H and O–H groups in total. The first-order valence-electron chi connectivity index (χ1n) is 8.78. The van der Waals surface area contributed by atoms with Crippen molar-refractivity contribution in [3.63, 3.8) is 0 Å². The first-order chi connectivity index (χ1) is 13.6. The summed E-state index contributed by atoms with van der Waals surface area (Å²) in [6, 6.07) is 12.9. The molecule has 1 amide bonds. The van der Waals surface area contributed by atoms with Crippen LogP contribution in [0.3, 0.4) is 0 Å². The number of nitrogens with one attached hydrogen (secondary N) is 1. The molecule has 28 heavy (non-hydrogen) atoms. The van der Waals surface area contributed by atoms with Gasteiger partial charge in [0.15, 0.2) is 16.7 Å². The molecule has 6 nitrogen and oxygen atoms in total. The van der Waals surface area contributed by atoms with Crippen molar-refractivity contribution < 1.29 is 14.3 Å². The SMILES string of the molecule is COc1ccc(C(C)NC(=O)c2cccc(-n3ccnc3SC)c2)cc1OC. The Labute approximate surface area is 168 Å². The van der Waals surface area contributed by atoms with Gasteiger partial charge in [-0.2, -0.15) is 0 Å². The van der Waals surface area contributed by atoms with E-state index in [1.54, 1.807) is 38.2 Å². The van der Waals surface area contributed by atoms with Gasteiger partial charge in [-0.15, -0.1) is 0 Å². The lowest BCUT2D eigenvalue weighted by Gasteiger charge is -2.17. The van der Waals surface area contributed by atoms with Crippen LogP contribution in [0.5, 0.6) is 11.5 Å². The predicted octanol–water partition coefficient (Wildman–Crippen LogP) is 4.10. The Bertz CT molecular complexity index is 971. The van der Waals surface area contributed by atoms with Gasteiger partial charge in [-0.3, -0.25) is 9.36 Å². The first kappa shape index (κ1) is 19.8. The molecule has 146 valence electrons. The molecule has 0 spiro atoms. The maximum absolute atomic E-state index is 12.8. The van der Waals surface area contributed by atoms with Crippen molar-refractivity contribution in [2.45, 2.75) is 18.1 Å². The van der Waals surface area contributed by atoms with E-state index >= 15 is 0 Å². The molecule has 1 unspecified atom stereocenters. The molecular weight excluding hydrogens is 374 g/mol. The van der Waals surface area contributed by atoms with E-state index in [0.29, 0.717) is 17.1 Å². The van der Waals surface area contributed by atoms with E-state index < -0.39 is 0 Å². The molecule has 2 aromatic carbocycles. The van der Waals surface area contributed by atoms with Crippen LogP contribution < -0.4 is 14.8 Å². The lowest BCUT2D eigenvalue weighted by molar-refractivity contribution is 0.0940. The molecule has 7 heteroatoms. The van der Waals surface area contributed by atoms with Crippen molar-refractivity contribution in [2.24, 2.45) is 0 Å². The maximum Gasteiger partial charge on any atom is 0.251 e. The average molecular weight is 398 g/mol. The number of rotatable bonds is 7. The molecule has 1 aromatic heterocycles. The summed E-state index contributed by atoms with van der Waals surface area (Å²) in [5.74, 6) is 1.14. The number of amides is 1. The van der Waals surface area contributed by atoms with Crippen LogP contribution in [0, 0.1) is 0 Å². The number of hydrogen-bond donors (Lipinski definition) is 1. The van der Waals surface area contributed by atoms with Gasteiger partial charge in [-0.1, -0.05) is 23.9 Å². The zero-order valence-corrected chi connectivity index (χ0v) is 17.1. The number of carbonyl (C=O) groups excluding carboxylic acids is 1. The van der Waals surface area contributed by atoms with Crippen molar-refractivity contribution in [1.82, 2.24) is 14.9 Å². The van der Waals surface area contributed by atoms with Crippen LogP contribution >= 0.6 is 11.8 Å². The minimum absolute atomic E-state index is 0.144. The highest BCUT2D eigenvalue weighted by Gasteiger charge is 2.15. The molecule has 0 aliphatic heterocycles. The Kier molecular flexibility index (Phi) is 6.26. The third kappa shape index (κ3) is 4.14. The fraction of sp³-hybridized carbons (Fsp3) is 0.238. The Morgan fingerprint density at radius 2 is 1.93 bits per heavy atom. The van der Waals surface area contributed by atoms with Crippen LogP contribution in [-0.2, 0) is 0 Å². The number of hydrogen-bond acceptors (Lipinski definition) is 5. The van der Waals surface area contributed by atoms with Gasteiger partial charge in [-0.25, -0.2) is 4.98 Å². The summed E-state index contributed by atoms with van der Waals surface area (Å²) >= 11 is 1.55. The summed E-state index contributed by atoms with van der Waals surface area (Å²) in [6.07, 6.45) is 5.60. The van der Waals surface area contributed by atoms with E-state index in [1.807, 2.05) is 60.3 Å². The Morgan fingerprint density at radius 1 is 1.14 bits per heavy atom. The zero-order valence-electron chi connectivity index (χ0n) is 16.3. The summed E-state index contributed by atoms with van der Waals surface area (Å²) < 4.78 is 12.6. The smallest absolute Gasteiger partial charge is 0.251 e. The van der Waals surface area contributed by atoms with Crippen molar-refractivity contribution in [3.8, 4) is 17.2 Å². The quantitative estimate of drug-likeness (QED) is 0.608. The third-order valence-corrected chi connectivity index (χ3v) is 5.10. The molecule has 1 heterocycles. The summed E-state index contributed by atoms with van der Waals surface area (Å²) in [5.41, 5.74) is 2.42. The lowest BCUT2D eigenvalue weighted by Crippen LogP contribution is -2.26. The molecule has 3 aromatic rings. The molecule has 1 atom stereocenters. The second kappa shape index (κ2) is 8.84. The third-order valence-electron chi connectivity index (χ3n) is 4.43. The zero-order chi connectivity index (χ0) is 20.1. The number of imidazole rings is 1. The van der Waals surface area contributed by atoms with Crippen molar-refractivity contribution in [1.29, 1.82) is 0 Å². The van der Waals surface area contributed by atoms with E-state index in [2.05, 4.69) is 10.3 Å². The fourth-order valence-corrected chi connectivity index (χ4v) is 3.45. The maximum atomic E-state index is 12.8. The second-order valence-corrected chi connectivity index (χ2v) is 6.92. The molecule has 0 aliphatic carbocycles. The molecular formula is C21H23N3O3S. The first-order valence-corrected chi connectivity index (χ1v) is 10.0. The average Bonchev–Trinajstić information content (AvgIpc) is 3.22. The minimum Gasteiger partial charge on any atom is -0.493 e. The van der Waals surface area contributed by atoms with Gasteiger partial charge in [0.2, 0.25) is 0 Å². The Morgan fingerprint density at radius 3 is 2.64 bits per heavy atom. The summed E-state index contributed by atoms with van der Waals surface area (Å²) in [5, 5.41) is 3.91. The van der Waals surface area contributed by atoms with Crippen LogP contribution in [0.2, 0.25) is 0 Å². The van der Waals surface area contributed by atoms with Crippen molar-refractivity contribution >= 4 is 17.7 Å². The summed E-state index contributed by atoms with van der Waals surface area (Å²) in [4.78, 5) is 17.1. The number of ether oxygens (including phenoxy) is 2. The monoisotopic (exact) mass is 397 g/mol. The highest BCUT2D eigenvalue weighted by atomic mass is 32.2. The Hall–Kier alpha value is -2.93. The predicted molar refractivity (Wildman–Crippen MR) is 111 cm³/mol. The van der Waals surface area contributed by atoms with Crippen LogP contribution in [-0.4, -0.2) is 35.9 Å². The molecule has 0 radical (unpaired) electrons. The van der Waals surface area contributed by atoms with Gasteiger partial charge in [0, 0.05) is 23.6 Å². The van der Waals surface area contributed by atoms with Gasteiger partial charge < -0.3 is 14.8 Å². The largest absolute Gasteiger partial charge is 0.493 e. The van der Waals surface area contributed by atoms with Crippen molar-refractivity contribution in [2.75, 3.05) is 20.5 Å². The number of benzene rings is 2. The molecule has 0 bridgehead atoms. The van der Waals surface area contributed by atoms with Crippen LogP contribution in [0.4, 0.5) is 0 Å². The van der Waals surface area contributed by atoms with E-state index in [1.165, 1.54) is 0 Å². The standard InChI is InChI=1S/C21H23N3O3S/c1-14(15-8-9-18(26-2)19(13-15)27-3)23-20(25)16-6-5-7-17(12-16)24-11-10-22-21(24)28-4/h5-14H,1-4H3,(H,23,25). The summed E-state index contributed by atoms with van der Waals surface area (Å²) in [6.45, 7) is 1.94. The van der Waals surface area contributed by atoms with Gasteiger partial charge in [0.25, 0.3) is 5.91 Å². The van der Waals surface area contributed by atoms with Crippen LogP contribution in [0.25, 0.3) is 5.69 Å². The molecule has 3 rings (SSSR count). The van der Waals surface area contributed by atoms with E-state index in [4.69, 9.17) is 9.47 Å². The van der Waals surface area contributed by atoms with E-state index in [0.717, 1.165) is 16.4 Å². The van der Waals surface area contributed by atoms with Gasteiger partial charge in [0.05, 0.1) is 20.3 Å². The Balaban J connectivity index is 1.79. The van der Waals surface area contributed by atoms with Crippen molar-refractivity contribution in [3.05, 3.63) is 66.0 Å².